The number of likely N-dealkylation sites (tertiary alicyclic amines) is 1. The number of aromatic amines is 1. The molecule has 0 radical (unpaired) electrons. The van der Waals surface area contributed by atoms with Gasteiger partial charge in [0.15, 0.2) is 0 Å². The van der Waals surface area contributed by atoms with Crippen LogP contribution in [0.3, 0.4) is 0 Å². The number of aromatic nitrogens is 1. The van der Waals surface area contributed by atoms with Crippen LogP contribution in [-0.4, -0.2) is 66.2 Å². The van der Waals surface area contributed by atoms with E-state index in [0.717, 1.165) is 46.9 Å². The van der Waals surface area contributed by atoms with Crippen LogP contribution < -0.4 is 26.5 Å². The van der Waals surface area contributed by atoms with Crippen LogP contribution in [0.25, 0.3) is 12.3 Å². The average molecular weight is 621 g/mol. The van der Waals surface area contributed by atoms with Gasteiger partial charge >= 0.3 is 0 Å². The number of imide groups is 1. The molecule has 5 rings (SSSR count). The molecule has 0 saturated carbocycles. The molecule has 1 fully saturated rings. The number of carbonyl (C=O) groups excluding carboxylic acids is 3. The van der Waals surface area contributed by atoms with Crippen LogP contribution in [0.1, 0.15) is 77.8 Å². The first-order chi connectivity index (χ1) is 22.3. The molecule has 3 amide bonds. The molecule has 0 spiro atoms. The van der Waals surface area contributed by atoms with E-state index < -0.39 is 11.9 Å². The predicted molar refractivity (Wildman–Crippen MR) is 182 cm³/mol. The molecule has 240 valence electrons. The summed E-state index contributed by atoms with van der Waals surface area (Å²) in [4.78, 5) is 46.3. The number of benzene rings is 2. The first-order valence-corrected chi connectivity index (χ1v) is 16.1. The summed E-state index contributed by atoms with van der Waals surface area (Å²) in [6.45, 7) is 4.12. The Labute approximate surface area is 271 Å². The van der Waals surface area contributed by atoms with Gasteiger partial charge in [-0.2, -0.15) is 0 Å². The number of rotatable bonds is 11. The maximum Gasteiger partial charge on any atom is 0.255 e. The molecule has 0 aliphatic carbocycles. The third kappa shape index (κ3) is 7.19. The van der Waals surface area contributed by atoms with E-state index in [1.54, 1.807) is 17.2 Å². The highest BCUT2D eigenvalue weighted by Crippen LogP contribution is 2.29. The van der Waals surface area contributed by atoms with Gasteiger partial charge in [-0.15, -0.1) is 0 Å². The Morgan fingerprint density at radius 2 is 2.04 bits per heavy atom. The number of fused-ring (bicyclic) bond motifs is 1. The number of hydrogen-bond acceptors (Lipinski definition) is 6. The van der Waals surface area contributed by atoms with E-state index >= 15 is 0 Å². The highest BCUT2D eigenvalue weighted by Gasteiger charge is 2.36. The van der Waals surface area contributed by atoms with Gasteiger partial charge in [-0.05, 0) is 80.7 Å². The van der Waals surface area contributed by atoms with Crippen LogP contribution in [0.4, 0.5) is 5.69 Å². The Kier molecular flexibility index (Phi) is 10.6. The lowest BCUT2D eigenvalue weighted by molar-refractivity contribution is -0.129. The molecule has 1 saturated heterocycles. The highest BCUT2D eigenvalue weighted by molar-refractivity contribution is 6.02. The Balaban J connectivity index is 1.19. The van der Waals surface area contributed by atoms with Crippen molar-refractivity contribution in [2.45, 2.75) is 64.1 Å². The second kappa shape index (κ2) is 15.0. The highest BCUT2D eigenvalue weighted by atomic mass is 16.2. The standard InChI is InChI=1S/C37H44N6O3/c1-4-9-35(36(45)39-25-44)43-24-31-27(11-7-12-30(31)37(43)46)10-5-6-20-41(2)29-17-14-26(15-18-29)16-19-32-28(23-38)22-33(40-32)34-13-8-21-42(34)3/h7,11-12,14-15,17-19,22-23,25,34-35,40H,4,6,8-9,13,16,20-21,24,38H2,1-3H3,(H,39,44,45)/b28-23-,32-19+. The summed E-state index contributed by atoms with van der Waals surface area (Å²) in [6.07, 6.45) is 9.29. The maximum atomic E-state index is 13.2. The largest absolute Gasteiger partial charge is 0.404 e. The van der Waals surface area contributed by atoms with Gasteiger partial charge < -0.3 is 20.5 Å². The molecule has 4 N–H and O–H groups in total. The number of hydrogen-bond donors (Lipinski definition) is 3. The minimum Gasteiger partial charge on any atom is -0.404 e. The molecular formula is C37H44N6O3. The molecule has 9 nitrogen and oxygen atoms in total. The van der Waals surface area contributed by atoms with Gasteiger partial charge in [0.1, 0.15) is 6.04 Å². The molecule has 0 bridgehead atoms. The van der Waals surface area contributed by atoms with Crippen LogP contribution in [0.2, 0.25) is 0 Å². The smallest absolute Gasteiger partial charge is 0.255 e. The number of amides is 3. The number of anilines is 1. The first kappa shape index (κ1) is 32.6. The van der Waals surface area contributed by atoms with E-state index in [1.165, 1.54) is 24.1 Å². The number of carbonyl (C=O) groups is 3. The summed E-state index contributed by atoms with van der Waals surface area (Å²) in [5.74, 6) is 5.87. The lowest BCUT2D eigenvalue weighted by Gasteiger charge is -2.25. The van der Waals surface area contributed by atoms with E-state index in [2.05, 4.69) is 82.4 Å². The lowest BCUT2D eigenvalue weighted by atomic mass is 10.0. The van der Waals surface area contributed by atoms with Crippen LogP contribution in [-0.2, 0) is 22.6 Å². The van der Waals surface area contributed by atoms with Crippen molar-refractivity contribution in [1.29, 1.82) is 0 Å². The van der Waals surface area contributed by atoms with E-state index in [4.69, 9.17) is 5.73 Å². The van der Waals surface area contributed by atoms with Gasteiger partial charge in [0.25, 0.3) is 5.91 Å². The second-order valence-electron chi connectivity index (χ2n) is 12.1. The van der Waals surface area contributed by atoms with E-state index in [1.807, 2.05) is 19.1 Å². The van der Waals surface area contributed by atoms with Gasteiger partial charge in [-0.25, -0.2) is 0 Å². The first-order valence-electron chi connectivity index (χ1n) is 16.1. The SMILES string of the molecule is CCCC(C(=O)NC=O)N1Cc2c(C#CCCN(C)c3ccc(C/C=c4/[nH]c(C5CCCN5C)c/c4=C/N)cc3)cccc2C1=O. The van der Waals surface area contributed by atoms with Gasteiger partial charge in [-0.3, -0.25) is 24.6 Å². The van der Waals surface area contributed by atoms with E-state index in [-0.39, 0.29) is 5.91 Å². The fourth-order valence-corrected chi connectivity index (χ4v) is 6.49. The van der Waals surface area contributed by atoms with E-state index in [9.17, 15) is 14.4 Å². The minimum atomic E-state index is -0.694. The molecule has 2 aliphatic heterocycles. The molecule has 1 aromatic heterocycles. The quantitative estimate of drug-likeness (QED) is 0.225. The van der Waals surface area contributed by atoms with Crippen molar-refractivity contribution < 1.29 is 14.4 Å². The summed E-state index contributed by atoms with van der Waals surface area (Å²) >= 11 is 0. The Bertz CT molecular complexity index is 1750. The topological polar surface area (TPSA) is 115 Å². The molecular weight excluding hydrogens is 576 g/mol. The zero-order valence-electron chi connectivity index (χ0n) is 27.0. The Morgan fingerprint density at radius 1 is 1.24 bits per heavy atom. The Hall–Kier alpha value is -4.81. The normalized spacial score (nSPS) is 17.5. The molecule has 3 aromatic rings. The second-order valence-corrected chi connectivity index (χ2v) is 12.1. The van der Waals surface area contributed by atoms with Gasteiger partial charge in [-0.1, -0.05) is 49.5 Å². The van der Waals surface area contributed by atoms with Crippen molar-refractivity contribution in [1.82, 2.24) is 20.1 Å². The average Bonchev–Trinajstić information content (AvgIpc) is 3.77. The van der Waals surface area contributed by atoms with Crippen molar-refractivity contribution in [3.05, 3.63) is 87.0 Å². The maximum absolute atomic E-state index is 13.2. The molecule has 2 aliphatic rings. The Morgan fingerprint density at radius 3 is 2.74 bits per heavy atom. The summed E-state index contributed by atoms with van der Waals surface area (Å²) in [6, 6.07) is 16.0. The molecule has 9 heteroatoms. The summed E-state index contributed by atoms with van der Waals surface area (Å²) in [5.41, 5.74) is 11.7. The van der Waals surface area contributed by atoms with Crippen molar-refractivity contribution >= 4 is 36.2 Å². The molecule has 2 aromatic carbocycles. The summed E-state index contributed by atoms with van der Waals surface area (Å²) in [5, 5.41) is 4.32. The molecule has 3 heterocycles. The molecule has 2 unspecified atom stereocenters. The monoisotopic (exact) mass is 620 g/mol. The van der Waals surface area contributed by atoms with Crippen molar-refractivity contribution in [2.75, 3.05) is 32.1 Å². The molecule has 2 atom stereocenters. The van der Waals surface area contributed by atoms with Crippen LogP contribution in [0, 0.1) is 11.8 Å². The summed E-state index contributed by atoms with van der Waals surface area (Å²) in [7, 11) is 4.23. The third-order valence-electron chi connectivity index (χ3n) is 9.11. The van der Waals surface area contributed by atoms with E-state index in [0.29, 0.717) is 43.8 Å². The number of nitrogens with zero attached hydrogens (tertiary/aromatic N) is 3. The zero-order valence-corrected chi connectivity index (χ0v) is 27.0. The zero-order chi connectivity index (χ0) is 32.6. The predicted octanol–water partition coefficient (Wildman–Crippen LogP) is 2.78. The van der Waals surface area contributed by atoms with Crippen LogP contribution >= 0.6 is 0 Å². The van der Waals surface area contributed by atoms with Crippen molar-refractivity contribution in [3.8, 4) is 11.8 Å². The van der Waals surface area contributed by atoms with Gasteiger partial charge in [0.05, 0.1) is 0 Å². The number of nitrogens with two attached hydrogens (primary N) is 1. The molecule has 46 heavy (non-hydrogen) atoms. The van der Waals surface area contributed by atoms with Crippen LogP contribution in [0.15, 0.2) is 48.5 Å². The van der Waals surface area contributed by atoms with Crippen LogP contribution in [0.5, 0.6) is 0 Å². The fraction of sp³-hybridized carbons (Fsp3) is 0.378. The number of nitrogens with one attached hydrogen (secondary N) is 2. The lowest BCUT2D eigenvalue weighted by Crippen LogP contribution is -2.46. The minimum absolute atomic E-state index is 0.202. The van der Waals surface area contributed by atoms with Gasteiger partial charge in [0.2, 0.25) is 12.3 Å². The van der Waals surface area contributed by atoms with Crippen molar-refractivity contribution in [3.63, 3.8) is 0 Å². The fourth-order valence-electron chi connectivity index (χ4n) is 6.49. The summed E-state index contributed by atoms with van der Waals surface area (Å²) < 4.78 is 0. The van der Waals surface area contributed by atoms with Gasteiger partial charge in [0, 0.05) is 71.9 Å². The van der Waals surface area contributed by atoms with Crippen molar-refractivity contribution in [2.24, 2.45) is 5.73 Å². The number of H-pyrrole nitrogens is 1. The third-order valence-corrected chi connectivity index (χ3v) is 9.11.